The number of para-hydroxylation sites is 2. The van der Waals surface area contributed by atoms with Gasteiger partial charge in [-0.2, -0.15) is 0 Å². The Kier molecular flexibility index (Phi) is 8.12. The molecular weight excluding hydrogens is 723 g/mol. The number of benzene rings is 7. The normalized spacial score (nSPS) is 16.4. The van der Waals surface area contributed by atoms with Crippen LogP contribution in [0.5, 0.6) is 0 Å². The molecule has 3 nitrogen and oxygen atoms in total. The van der Waals surface area contributed by atoms with E-state index in [9.17, 15) is 0 Å². The Labute approximate surface area is 341 Å². The number of nitrogens with zero attached hydrogens (tertiary/aromatic N) is 2. The SMILES string of the molecule is C=C/C(=C\C=C(/N)N1c2ccc(-c3ccc4c(c3)c3ccccc3n4-c3ccccc3)cc2C2C=CC=CC21)c1cccc(-c2cccc3c2sc2ccccc23)c1. The van der Waals surface area contributed by atoms with E-state index >= 15 is 0 Å². The summed E-state index contributed by atoms with van der Waals surface area (Å²) in [5.41, 5.74) is 20.0. The van der Waals surface area contributed by atoms with Gasteiger partial charge in [0, 0.05) is 48.2 Å². The van der Waals surface area contributed by atoms with Crippen LogP contribution < -0.4 is 10.6 Å². The first-order valence-corrected chi connectivity index (χ1v) is 20.6. The van der Waals surface area contributed by atoms with Gasteiger partial charge in [0.05, 0.1) is 17.1 Å². The lowest BCUT2D eigenvalue weighted by Gasteiger charge is -2.28. The maximum absolute atomic E-state index is 7.07. The molecular formula is C54H39N3S. The summed E-state index contributed by atoms with van der Waals surface area (Å²) in [6, 6.07) is 57.2. The zero-order chi connectivity index (χ0) is 38.7. The average Bonchev–Trinajstić information content (AvgIpc) is 3.94. The maximum Gasteiger partial charge on any atom is 0.104 e. The minimum atomic E-state index is 0.0866. The Morgan fingerprint density at radius 3 is 2.24 bits per heavy atom. The molecule has 1 aliphatic carbocycles. The second kappa shape index (κ2) is 13.8. The van der Waals surface area contributed by atoms with Crippen molar-refractivity contribution in [3.8, 4) is 27.9 Å². The molecule has 0 saturated heterocycles. The van der Waals surface area contributed by atoms with Gasteiger partial charge in [-0.25, -0.2) is 0 Å². The van der Waals surface area contributed by atoms with E-state index in [4.69, 9.17) is 5.73 Å². The molecule has 0 fully saturated rings. The predicted octanol–water partition coefficient (Wildman–Crippen LogP) is 14.0. The highest BCUT2D eigenvalue weighted by Gasteiger charge is 2.37. The van der Waals surface area contributed by atoms with Gasteiger partial charge in [0.25, 0.3) is 0 Å². The first-order chi connectivity index (χ1) is 28.6. The first-order valence-electron chi connectivity index (χ1n) is 19.8. The van der Waals surface area contributed by atoms with Gasteiger partial charge < -0.3 is 15.2 Å². The van der Waals surface area contributed by atoms with Crippen molar-refractivity contribution < 1.29 is 0 Å². The van der Waals surface area contributed by atoms with Crippen molar-refractivity contribution >= 4 is 64.6 Å². The number of hydrogen-bond donors (Lipinski definition) is 1. The summed E-state index contributed by atoms with van der Waals surface area (Å²) in [7, 11) is 0. The maximum atomic E-state index is 7.07. The minimum absolute atomic E-state index is 0.0866. The third-order valence-electron chi connectivity index (χ3n) is 11.9. The second-order valence-electron chi connectivity index (χ2n) is 15.1. The predicted molar refractivity (Wildman–Crippen MR) is 249 cm³/mol. The first kappa shape index (κ1) is 34.1. The summed E-state index contributed by atoms with van der Waals surface area (Å²) in [6.07, 6.45) is 14.9. The van der Waals surface area contributed by atoms with E-state index in [0.717, 1.165) is 22.5 Å². The van der Waals surface area contributed by atoms with Crippen LogP contribution in [0.15, 0.2) is 213 Å². The molecule has 2 atom stereocenters. The molecule has 3 heterocycles. The van der Waals surface area contributed by atoms with Crippen molar-refractivity contribution in [2.24, 2.45) is 5.73 Å². The molecule has 11 rings (SSSR count). The summed E-state index contributed by atoms with van der Waals surface area (Å²) >= 11 is 1.86. The Morgan fingerprint density at radius 2 is 1.34 bits per heavy atom. The molecule has 9 aromatic rings. The molecule has 0 amide bonds. The standard InChI is InChI=1S/C54H39N3S/c1-2-35(36-14-12-15-39(32-36)41-21-13-22-45-44-20-8-11-25-52(44)58-54(41)45)28-31-53(55)57-49-24-10-7-19-43(49)47-34-38(27-30-51(47)57)37-26-29-50-46(33-37)42-18-6-9-23-48(42)56(50)40-16-4-3-5-17-40/h2-34,43,49H,1,55H2/b35-28+,53-31+. The monoisotopic (exact) mass is 761 g/mol. The molecule has 2 aliphatic rings. The molecule has 58 heavy (non-hydrogen) atoms. The molecule has 0 bridgehead atoms. The van der Waals surface area contributed by atoms with E-state index in [1.807, 2.05) is 23.5 Å². The number of hydrogen-bond acceptors (Lipinski definition) is 3. The van der Waals surface area contributed by atoms with Crippen LogP contribution in [-0.4, -0.2) is 10.6 Å². The minimum Gasteiger partial charge on any atom is -0.385 e. The van der Waals surface area contributed by atoms with Crippen LogP contribution in [0.3, 0.4) is 0 Å². The lowest BCUT2D eigenvalue weighted by Crippen LogP contribution is -2.35. The molecule has 4 heteroatoms. The molecule has 0 saturated carbocycles. The van der Waals surface area contributed by atoms with Crippen LogP contribution in [0.1, 0.15) is 17.0 Å². The van der Waals surface area contributed by atoms with E-state index in [1.54, 1.807) is 0 Å². The molecule has 276 valence electrons. The molecule has 2 N–H and O–H groups in total. The lowest BCUT2D eigenvalue weighted by molar-refractivity contribution is 0.719. The van der Waals surface area contributed by atoms with Crippen molar-refractivity contribution in [3.05, 3.63) is 224 Å². The van der Waals surface area contributed by atoms with Gasteiger partial charge in [-0.3, -0.25) is 0 Å². The zero-order valence-corrected chi connectivity index (χ0v) is 32.6. The molecule has 2 aromatic heterocycles. The van der Waals surface area contributed by atoms with Crippen molar-refractivity contribution in [3.63, 3.8) is 0 Å². The van der Waals surface area contributed by atoms with Crippen molar-refractivity contribution in [2.45, 2.75) is 12.0 Å². The highest BCUT2D eigenvalue weighted by Crippen LogP contribution is 2.47. The fourth-order valence-electron chi connectivity index (χ4n) is 9.21. The van der Waals surface area contributed by atoms with E-state index in [2.05, 4.69) is 204 Å². The summed E-state index contributed by atoms with van der Waals surface area (Å²) in [5.74, 6) is 0.883. The van der Waals surface area contributed by atoms with Crippen LogP contribution in [0.25, 0.3) is 75.5 Å². The van der Waals surface area contributed by atoms with Gasteiger partial charge in [-0.15, -0.1) is 11.3 Å². The number of anilines is 1. The quantitative estimate of drug-likeness (QED) is 0.164. The van der Waals surface area contributed by atoms with Crippen LogP contribution in [0.2, 0.25) is 0 Å². The summed E-state index contributed by atoms with van der Waals surface area (Å²) in [5, 5.41) is 5.11. The number of rotatable bonds is 7. The summed E-state index contributed by atoms with van der Waals surface area (Å²) < 4.78 is 4.98. The number of thiophene rings is 1. The van der Waals surface area contributed by atoms with Crippen LogP contribution >= 0.6 is 11.3 Å². The van der Waals surface area contributed by atoms with Crippen molar-refractivity contribution in [1.82, 2.24) is 4.57 Å². The van der Waals surface area contributed by atoms with Crippen LogP contribution in [0.4, 0.5) is 5.69 Å². The Balaban J connectivity index is 0.941. The van der Waals surface area contributed by atoms with Gasteiger partial charge in [-0.05, 0) is 99.6 Å². The van der Waals surface area contributed by atoms with Gasteiger partial charge in [0.2, 0.25) is 0 Å². The largest absolute Gasteiger partial charge is 0.385 e. The molecule has 7 aromatic carbocycles. The third kappa shape index (κ3) is 5.48. The van der Waals surface area contributed by atoms with E-state index in [1.165, 1.54) is 69.8 Å². The van der Waals surface area contributed by atoms with E-state index in [-0.39, 0.29) is 12.0 Å². The van der Waals surface area contributed by atoms with E-state index < -0.39 is 0 Å². The molecule has 0 radical (unpaired) electrons. The van der Waals surface area contributed by atoms with Gasteiger partial charge in [-0.1, -0.05) is 146 Å². The molecule has 0 spiro atoms. The van der Waals surface area contributed by atoms with Gasteiger partial charge in [0.15, 0.2) is 0 Å². The Bertz CT molecular complexity index is 3230. The highest BCUT2D eigenvalue weighted by molar-refractivity contribution is 7.26. The summed E-state index contributed by atoms with van der Waals surface area (Å²) in [4.78, 5) is 2.29. The lowest BCUT2D eigenvalue weighted by atomic mass is 9.89. The van der Waals surface area contributed by atoms with Crippen molar-refractivity contribution in [2.75, 3.05) is 4.90 Å². The van der Waals surface area contributed by atoms with Crippen LogP contribution in [0, 0.1) is 0 Å². The smallest absolute Gasteiger partial charge is 0.104 e. The highest BCUT2D eigenvalue weighted by atomic mass is 32.1. The number of allylic oxidation sites excluding steroid dienone is 6. The Morgan fingerprint density at radius 1 is 0.603 bits per heavy atom. The van der Waals surface area contributed by atoms with Gasteiger partial charge in [0.1, 0.15) is 5.82 Å². The number of aromatic nitrogens is 1. The number of nitrogens with two attached hydrogens (primary N) is 1. The zero-order valence-electron chi connectivity index (χ0n) is 31.8. The topological polar surface area (TPSA) is 34.2 Å². The fourth-order valence-corrected chi connectivity index (χ4v) is 10.4. The van der Waals surface area contributed by atoms with E-state index in [0.29, 0.717) is 5.82 Å². The van der Waals surface area contributed by atoms with Gasteiger partial charge >= 0.3 is 0 Å². The third-order valence-corrected chi connectivity index (χ3v) is 13.1. The molecule has 2 unspecified atom stereocenters. The summed E-state index contributed by atoms with van der Waals surface area (Å²) in [6.45, 7) is 4.21. The molecule has 1 aliphatic heterocycles. The van der Waals surface area contributed by atoms with Crippen molar-refractivity contribution in [1.29, 1.82) is 0 Å². The second-order valence-corrected chi connectivity index (χ2v) is 16.2. The fraction of sp³-hybridized carbons (Fsp3) is 0.0370. The average molecular weight is 762 g/mol. The number of fused-ring (bicyclic) bond motifs is 9. The Hall–Kier alpha value is -7.14. The van der Waals surface area contributed by atoms with Crippen LogP contribution in [-0.2, 0) is 0 Å².